The van der Waals surface area contributed by atoms with E-state index in [0.29, 0.717) is 6.61 Å². The molecule has 0 heterocycles. The Morgan fingerprint density at radius 1 is 0.769 bits per heavy atom. The molecule has 0 bridgehead atoms. The predicted octanol–water partition coefficient (Wildman–Crippen LogP) is 5.88. The number of carbonyl (C=O) groups is 2. The molecule has 0 saturated heterocycles. The third-order valence-corrected chi connectivity index (χ3v) is 4.93. The Labute approximate surface area is 159 Å². The van der Waals surface area contributed by atoms with Crippen molar-refractivity contribution < 1.29 is 19.1 Å². The number of carbonyl (C=O) groups excluding carboxylic acids is 2. The van der Waals surface area contributed by atoms with E-state index in [1.807, 2.05) is 0 Å². The van der Waals surface area contributed by atoms with Crippen LogP contribution in [-0.4, -0.2) is 24.6 Å². The quantitative estimate of drug-likeness (QED) is 0.177. The lowest BCUT2D eigenvalue weighted by molar-refractivity contribution is -0.144. The van der Waals surface area contributed by atoms with Crippen molar-refractivity contribution in [3.05, 3.63) is 12.2 Å². The summed E-state index contributed by atoms with van der Waals surface area (Å²) in [5, 5.41) is 0. The standard InChI is InChI=1S/C22H38O4/c1-2-3-4-5-6-7-8-11-14-19-25-21(23)17-18-22(24)26-20-15-12-9-10-13-16-20/h17-18,20H,2-16,19H2,1H3/b18-17+. The maximum Gasteiger partial charge on any atom is 0.331 e. The molecule has 0 radical (unpaired) electrons. The fraction of sp³-hybridized carbons (Fsp3) is 0.818. The molecule has 150 valence electrons. The summed E-state index contributed by atoms with van der Waals surface area (Å²) in [6.07, 6.45) is 20.0. The molecule has 0 aromatic carbocycles. The first-order valence-electron chi connectivity index (χ1n) is 10.8. The summed E-state index contributed by atoms with van der Waals surface area (Å²) in [5.41, 5.74) is 0. The Balaban J connectivity index is 1.98. The van der Waals surface area contributed by atoms with E-state index in [1.165, 1.54) is 69.9 Å². The minimum Gasteiger partial charge on any atom is -0.463 e. The van der Waals surface area contributed by atoms with Crippen LogP contribution in [0.15, 0.2) is 12.2 Å². The summed E-state index contributed by atoms with van der Waals surface area (Å²) in [6, 6.07) is 0. The second kappa shape index (κ2) is 15.9. The third-order valence-electron chi connectivity index (χ3n) is 4.93. The van der Waals surface area contributed by atoms with Crippen LogP contribution in [0.4, 0.5) is 0 Å². The molecule has 0 atom stereocenters. The van der Waals surface area contributed by atoms with Gasteiger partial charge in [-0.2, -0.15) is 0 Å². The zero-order valence-corrected chi connectivity index (χ0v) is 16.7. The largest absolute Gasteiger partial charge is 0.463 e. The van der Waals surface area contributed by atoms with E-state index in [-0.39, 0.29) is 6.10 Å². The van der Waals surface area contributed by atoms with Gasteiger partial charge in [0, 0.05) is 12.2 Å². The first kappa shape index (κ1) is 22.7. The zero-order chi connectivity index (χ0) is 18.9. The van der Waals surface area contributed by atoms with Crippen molar-refractivity contribution in [3.63, 3.8) is 0 Å². The van der Waals surface area contributed by atoms with Crippen molar-refractivity contribution >= 4 is 11.9 Å². The first-order valence-corrected chi connectivity index (χ1v) is 10.8. The van der Waals surface area contributed by atoms with E-state index >= 15 is 0 Å². The van der Waals surface area contributed by atoms with Crippen molar-refractivity contribution in [1.82, 2.24) is 0 Å². The number of hydrogen-bond donors (Lipinski definition) is 0. The molecule has 1 rings (SSSR count). The normalized spacial score (nSPS) is 15.7. The fourth-order valence-electron chi connectivity index (χ4n) is 3.33. The van der Waals surface area contributed by atoms with Crippen LogP contribution in [0, 0.1) is 0 Å². The highest BCUT2D eigenvalue weighted by Gasteiger charge is 2.15. The van der Waals surface area contributed by atoms with Gasteiger partial charge in [-0.25, -0.2) is 9.59 Å². The predicted molar refractivity (Wildman–Crippen MR) is 105 cm³/mol. The molecule has 0 unspecified atom stereocenters. The molecule has 1 aliphatic rings. The molecule has 0 aliphatic heterocycles. The van der Waals surface area contributed by atoms with E-state index in [0.717, 1.165) is 38.5 Å². The van der Waals surface area contributed by atoms with Gasteiger partial charge in [0.2, 0.25) is 0 Å². The molecule has 26 heavy (non-hydrogen) atoms. The van der Waals surface area contributed by atoms with E-state index < -0.39 is 11.9 Å². The minimum absolute atomic E-state index is 0.00708. The molecule has 1 saturated carbocycles. The lowest BCUT2D eigenvalue weighted by Gasteiger charge is -2.13. The SMILES string of the molecule is CCCCCCCCCCCOC(=O)/C=C/C(=O)OC1CCCCCC1. The fourth-order valence-corrected chi connectivity index (χ4v) is 3.33. The highest BCUT2D eigenvalue weighted by atomic mass is 16.5. The highest BCUT2D eigenvalue weighted by Crippen LogP contribution is 2.19. The monoisotopic (exact) mass is 366 g/mol. The molecule has 1 aliphatic carbocycles. The van der Waals surface area contributed by atoms with E-state index in [9.17, 15) is 9.59 Å². The molecule has 0 spiro atoms. The number of esters is 2. The van der Waals surface area contributed by atoms with Crippen LogP contribution in [-0.2, 0) is 19.1 Å². The van der Waals surface area contributed by atoms with Gasteiger partial charge in [-0.3, -0.25) is 0 Å². The summed E-state index contributed by atoms with van der Waals surface area (Å²) < 4.78 is 10.5. The molecule has 0 amide bonds. The minimum atomic E-state index is -0.456. The number of rotatable bonds is 13. The Hall–Kier alpha value is -1.32. The van der Waals surface area contributed by atoms with Gasteiger partial charge in [-0.05, 0) is 32.1 Å². The molecule has 0 aromatic heterocycles. The number of ether oxygens (including phenoxy) is 2. The van der Waals surface area contributed by atoms with Crippen LogP contribution in [0.3, 0.4) is 0 Å². The van der Waals surface area contributed by atoms with E-state index in [2.05, 4.69) is 6.92 Å². The van der Waals surface area contributed by atoms with Gasteiger partial charge >= 0.3 is 11.9 Å². The van der Waals surface area contributed by atoms with Crippen molar-refractivity contribution in [3.8, 4) is 0 Å². The number of hydrogen-bond acceptors (Lipinski definition) is 4. The van der Waals surface area contributed by atoms with Gasteiger partial charge in [0.25, 0.3) is 0 Å². The molecule has 4 heteroatoms. The van der Waals surface area contributed by atoms with Crippen LogP contribution < -0.4 is 0 Å². The Morgan fingerprint density at radius 3 is 1.92 bits per heavy atom. The lowest BCUT2D eigenvalue weighted by atomic mass is 10.1. The average molecular weight is 367 g/mol. The van der Waals surface area contributed by atoms with Crippen LogP contribution in [0.5, 0.6) is 0 Å². The van der Waals surface area contributed by atoms with Gasteiger partial charge in [-0.15, -0.1) is 0 Å². The van der Waals surface area contributed by atoms with Crippen LogP contribution in [0.1, 0.15) is 103 Å². The molecule has 4 nitrogen and oxygen atoms in total. The zero-order valence-electron chi connectivity index (χ0n) is 16.7. The first-order chi connectivity index (χ1) is 12.7. The van der Waals surface area contributed by atoms with Gasteiger partial charge < -0.3 is 9.47 Å². The van der Waals surface area contributed by atoms with Gasteiger partial charge in [0.15, 0.2) is 0 Å². The molecule has 1 fully saturated rings. The second-order valence-corrected chi connectivity index (χ2v) is 7.38. The maximum absolute atomic E-state index is 11.8. The highest BCUT2D eigenvalue weighted by molar-refractivity contribution is 5.91. The Bertz CT molecular complexity index is 395. The molecule has 0 aromatic rings. The van der Waals surface area contributed by atoms with E-state index in [4.69, 9.17) is 9.47 Å². The van der Waals surface area contributed by atoms with Crippen molar-refractivity contribution in [1.29, 1.82) is 0 Å². The van der Waals surface area contributed by atoms with Gasteiger partial charge in [0.05, 0.1) is 6.61 Å². The summed E-state index contributed by atoms with van der Waals surface area (Å²) >= 11 is 0. The van der Waals surface area contributed by atoms with Gasteiger partial charge in [0.1, 0.15) is 6.10 Å². The molecular weight excluding hydrogens is 328 g/mol. The van der Waals surface area contributed by atoms with Crippen LogP contribution >= 0.6 is 0 Å². The summed E-state index contributed by atoms with van der Waals surface area (Å²) in [7, 11) is 0. The Morgan fingerprint density at radius 2 is 1.31 bits per heavy atom. The third kappa shape index (κ3) is 13.0. The van der Waals surface area contributed by atoms with Crippen LogP contribution in [0.25, 0.3) is 0 Å². The summed E-state index contributed by atoms with van der Waals surface area (Å²) in [6.45, 7) is 2.66. The van der Waals surface area contributed by atoms with E-state index in [1.54, 1.807) is 0 Å². The molecular formula is C22H38O4. The maximum atomic E-state index is 11.8. The van der Waals surface area contributed by atoms with Crippen molar-refractivity contribution in [2.24, 2.45) is 0 Å². The second-order valence-electron chi connectivity index (χ2n) is 7.38. The van der Waals surface area contributed by atoms with Crippen LogP contribution in [0.2, 0.25) is 0 Å². The lowest BCUT2D eigenvalue weighted by Crippen LogP contribution is -2.16. The smallest absolute Gasteiger partial charge is 0.331 e. The van der Waals surface area contributed by atoms with Gasteiger partial charge in [-0.1, -0.05) is 71.1 Å². The average Bonchev–Trinajstić information content (AvgIpc) is 2.90. The van der Waals surface area contributed by atoms with Crippen molar-refractivity contribution in [2.45, 2.75) is 109 Å². The Kier molecular flexibility index (Phi) is 13.9. The topological polar surface area (TPSA) is 52.6 Å². The summed E-state index contributed by atoms with van der Waals surface area (Å²) in [4.78, 5) is 23.4. The number of unbranched alkanes of at least 4 members (excludes halogenated alkanes) is 8. The molecule has 0 N–H and O–H groups in total. The van der Waals surface area contributed by atoms with Crippen molar-refractivity contribution in [2.75, 3.05) is 6.61 Å². The summed E-state index contributed by atoms with van der Waals surface area (Å²) in [5.74, 6) is -0.890.